The molecule has 0 bridgehead atoms. The van der Waals surface area contributed by atoms with Gasteiger partial charge in [0.15, 0.2) is 0 Å². The van der Waals surface area contributed by atoms with Gasteiger partial charge < -0.3 is 16.4 Å². The van der Waals surface area contributed by atoms with E-state index in [1.165, 1.54) is 0 Å². The van der Waals surface area contributed by atoms with Crippen molar-refractivity contribution in [2.24, 2.45) is 11.7 Å². The van der Waals surface area contributed by atoms with E-state index in [1.807, 2.05) is 0 Å². The van der Waals surface area contributed by atoms with Gasteiger partial charge in [-0.2, -0.15) is 0 Å². The summed E-state index contributed by atoms with van der Waals surface area (Å²) in [7, 11) is 0. The number of nitrogens with one attached hydrogen (secondary N) is 2. The average molecular weight is 268 g/mol. The predicted octanol–water partition coefficient (Wildman–Crippen LogP) is -0.830. The number of hydrogen-bond acceptors (Lipinski definition) is 4. The smallest absolute Gasteiger partial charge is 0.325 e. The molecule has 2 aliphatic rings. The Morgan fingerprint density at radius 2 is 2.16 bits per heavy atom. The highest BCUT2D eigenvalue weighted by Gasteiger charge is 2.44. The molecule has 2 rings (SSSR count). The second-order valence-electron chi connectivity index (χ2n) is 5.75. The van der Waals surface area contributed by atoms with Crippen molar-refractivity contribution in [3.8, 4) is 0 Å². The van der Waals surface area contributed by atoms with E-state index in [1.54, 1.807) is 13.8 Å². The Hall–Kier alpha value is -1.63. The third kappa shape index (κ3) is 3.04. The minimum absolute atomic E-state index is 0.0384. The molecule has 106 valence electrons. The molecule has 0 aromatic heterocycles. The Kier molecular flexibility index (Phi) is 3.49. The molecule has 1 atom stereocenters. The molecule has 1 unspecified atom stereocenters. The summed E-state index contributed by atoms with van der Waals surface area (Å²) < 4.78 is 0. The van der Waals surface area contributed by atoms with Crippen LogP contribution in [-0.4, -0.2) is 47.4 Å². The Labute approximate surface area is 111 Å². The molecule has 0 aromatic rings. The highest BCUT2D eigenvalue weighted by Crippen LogP contribution is 2.31. The van der Waals surface area contributed by atoms with Gasteiger partial charge in [0.1, 0.15) is 12.1 Å². The molecule has 0 aromatic carbocycles. The number of rotatable bonds is 5. The molecule has 1 heterocycles. The normalized spacial score (nSPS) is 23.2. The highest BCUT2D eigenvalue weighted by molar-refractivity contribution is 6.08. The van der Waals surface area contributed by atoms with Gasteiger partial charge in [-0.05, 0) is 32.6 Å². The molecule has 1 saturated heterocycles. The Morgan fingerprint density at radius 1 is 1.53 bits per heavy atom. The zero-order valence-electron chi connectivity index (χ0n) is 11.2. The van der Waals surface area contributed by atoms with Crippen molar-refractivity contribution in [1.29, 1.82) is 0 Å². The van der Waals surface area contributed by atoms with Crippen LogP contribution in [0.3, 0.4) is 0 Å². The number of urea groups is 1. The first kappa shape index (κ1) is 13.8. The molecule has 4 N–H and O–H groups in total. The van der Waals surface area contributed by atoms with E-state index >= 15 is 0 Å². The van der Waals surface area contributed by atoms with Gasteiger partial charge in [-0.25, -0.2) is 4.79 Å². The molecule has 2 fully saturated rings. The Bertz CT molecular complexity index is 417. The summed E-state index contributed by atoms with van der Waals surface area (Å²) >= 11 is 0. The lowest BCUT2D eigenvalue weighted by Gasteiger charge is -2.16. The summed E-state index contributed by atoms with van der Waals surface area (Å²) in [5.74, 6) is -0.257. The fourth-order valence-corrected chi connectivity index (χ4v) is 2.08. The first-order valence-corrected chi connectivity index (χ1v) is 6.47. The van der Waals surface area contributed by atoms with Crippen LogP contribution >= 0.6 is 0 Å². The highest BCUT2D eigenvalue weighted by atomic mass is 16.2. The summed E-state index contributed by atoms with van der Waals surface area (Å²) in [5, 5.41) is 5.19. The van der Waals surface area contributed by atoms with Crippen LogP contribution in [0.15, 0.2) is 0 Å². The molecule has 0 radical (unpaired) electrons. The van der Waals surface area contributed by atoms with Gasteiger partial charge in [0.2, 0.25) is 5.91 Å². The summed E-state index contributed by atoms with van der Waals surface area (Å²) in [6.07, 6.45) is 2.22. The molecule has 4 amide bonds. The van der Waals surface area contributed by atoms with Crippen molar-refractivity contribution in [1.82, 2.24) is 15.5 Å². The quantitative estimate of drug-likeness (QED) is 0.566. The maximum atomic E-state index is 11.9. The van der Waals surface area contributed by atoms with Crippen molar-refractivity contribution >= 4 is 17.8 Å². The van der Waals surface area contributed by atoms with E-state index in [0.29, 0.717) is 12.5 Å². The fraction of sp³-hybridized carbons (Fsp3) is 0.750. The maximum absolute atomic E-state index is 11.9. The van der Waals surface area contributed by atoms with Gasteiger partial charge in [-0.1, -0.05) is 0 Å². The van der Waals surface area contributed by atoms with Gasteiger partial charge in [-0.15, -0.1) is 0 Å². The number of carbonyl (C=O) groups excluding carboxylic acids is 3. The van der Waals surface area contributed by atoms with Crippen LogP contribution in [0, 0.1) is 5.92 Å². The lowest BCUT2D eigenvalue weighted by atomic mass is 10.1. The third-order valence-corrected chi connectivity index (χ3v) is 3.51. The number of nitrogens with two attached hydrogens (primary N) is 1. The van der Waals surface area contributed by atoms with E-state index in [2.05, 4.69) is 10.6 Å². The van der Waals surface area contributed by atoms with Crippen LogP contribution in [0.1, 0.15) is 26.7 Å². The van der Waals surface area contributed by atoms with E-state index in [-0.39, 0.29) is 24.4 Å². The monoisotopic (exact) mass is 268 g/mol. The lowest BCUT2D eigenvalue weighted by molar-refractivity contribution is -0.134. The first-order valence-electron chi connectivity index (χ1n) is 6.47. The number of nitrogens with zero attached hydrogens (tertiary/aromatic N) is 1. The SMILES string of the molecule is CC1(C)NC(=O)N(CC(=O)NCC(N)C2CC2)C1=O. The van der Waals surface area contributed by atoms with E-state index in [0.717, 1.165) is 17.7 Å². The van der Waals surface area contributed by atoms with Crippen molar-refractivity contribution in [2.75, 3.05) is 13.1 Å². The van der Waals surface area contributed by atoms with Crippen molar-refractivity contribution < 1.29 is 14.4 Å². The second-order valence-corrected chi connectivity index (χ2v) is 5.75. The minimum Gasteiger partial charge on any atom is -0.353 e. The average Bonchev–Trinajstić information content (AvgIpc) is 3.12. The van der Waals surface area contributed by atoms with Crippen LogP contribution in [0.4, 0.5) is 4.79 Å². The van der Waals surface area contributed by atoms with Crippen LogP contribution in [0.5, 0.6) is 0 Å². The second kappa shape index (κ2) is 4.80. The van der Waals surface area contributed by atoms with E-state index in [9.17, 15) is 14.4 Å². The first-order chi connectivity index (χ1) is 8.81. The van der Waals surface area contributed by atoms with Gasteiger partial charge in [0.25, 0.3) is 5.91 Å². The number of hydrogen-bond donors (Lipinski definition) is 3. The molecule has 1 saturated carbocycles. The van der Waals surface area contributed by atoms with E-state index < -0.39 is 11.6 Å². The third-order valence-electron chi connectivity index (χ3n) is 3.51. The predicted molar refractivity (Wildman–Crippen MR) is 68.0 cm³/mol. The maximum Gasteiger partial charge on any atom is 0.325 e. The summed E-state index contributed by atoms with van der Waals surface area (Å²) in [5.41, 5.74) is 4.92. The lowest BCUT2D eigenvalue weighted by Crippen LogP contribution is -2.45. The number of carbonyl (C=O) groups is 3. The zero-order valence-corrected chi connectivity index (χ0v) is 11.2. The van der Waals surface area contributed by atoms with Crippen LogP contribution in [0.2, 0.25) is 0 Å². The fourth-order valence-electron chi connectivity index (χ4n) is 2.08. The molecule has 7 heteroatoms. The van der Waals surface area contributed by atoms with Gasteiger partial charge in [0, 0.05) is 12.6 Å². The van der Waals surface area contributed by atoms with Crippen molar-refractivity contribution in [2.45, 2.75) is 38.3 Å². The molecular weight excluding hydrogens is 248 g/mol. The van der Waals surface area contributed by atoms with Gasteiger partial charge >= 0.3 is 6.03 Å². The van der Waals surface area contributed by atoms with Crippen molar-refractivity contribution in [3.63, 3.8) is 0 Å². The minimum atomic E-state index is -0.943. The van der Waals surface area contributed by atoms with Crippen LogP contribution in [-0.2, 0) is 9.59 Å². The summed E-state index contributed by atoms with van der Waals surface area (Å²) in [6.45, 7) is 3.34. The molecule has 1 aliphatic heterocycles. The molecular formula is C12H20N4O3. The van der Waals surface area contributed by atoms with E-state index in [4.69, 9.17) is 5.73 Å². The molecule has 1 aliphatic carbocycles. The Morgan fingerprint density at radius 3 is 2.63 bits per heavy atom. The number of amides is 4. The van der Waals surface area contributed by atoms with Crippen LogP contribution in [0.25, 0.3) is 0 Å². The largest absolute Gasteiger partial charge is 0.353 e. The van der Waals surface area contributed by atoms with Gasteiger partial charge in [0.05, 0.1) is 0 Å². The molecule has 7 nitrogen and oxygen atoms in total. The zero-order chi connectivity index (χ0) is 14.2. The van der Waals surface area contributed by atoms with Crippen molar-refractivity contribution in [3.05, 3.63) is 0 Å². The Balaban J connectivity index is 1.81. The summed E-state index contributed by atoms with van der Waals surface area (Å²) in [6, 6.07) is -0.569. The molecule has 0 spiro atoms. The van der Waals surface area contributed by atoms with Crippen LogP contribution < -0.4 is 16.4 Å². The number of imide groups is 1. The topological polar surface area (TPSA) is 105 Å². The van der Waals surface area contributed by atoms with Gasteiger partial charge in [-0.3, -0.25) is 14.5 Å². The summed E-state index contributed by atoms with van der Waals surface area (Å²) in [4.78, 5) is 36.1. The molecule has 19 heavy (non-hydrogen) atoms. The standard InChI is InChI=1S/C12H20N4O3/c1-12(2)10(18)16(11(19)15-12)6-9(17)14-5-8(13)7-3-4-7/h7-8H,3-6,13H2,1-2H3,(H,14,17)(H,15,19).